The molecule has 0 N–H and O–H groups in total. The zero-order valence-corrected chi connectivity index (χ0v) is 17.3. The normalized spacial score (nSPS) is 13.7. The number of aromatic nitrogens is 3. The third-order valence-corrected chi connectivity index (χ3v) is 5.27. The lowest BCUT2D eigenvalue weighted by Gasteiger charge is -2.30. The van der Waals surface area contributed by atoms with Gasteiger partial charge in [-0.2, -0.15) is 0 Å². The van der Waals surface area contributed by atoms with Crippen molar-refractivity contribution in [2.45, 2.75) is 6.42 Å². The van der Waals surface area contributed by atoms with Crippen molar-refractivity contribution in [3.63, 3.8) is 0 Å². The lowest BCUT2D eigenvalue weighted by molar-refractivity contribution is 0.402. The lowest BCUT2D eigenvalue weighted by atomic mass is 10.00. The number of nitrogens with zero attached hydrogens (tertiary/aromatic N) is 4. The maximum atomic E-state index is 12.6. The van der Waals surface area contributed by atoms with Gasteiger partial charge in [-0.3, -0.25) is 14.3 Å². The van der Waals surface area contributed by atoms with Crippen molar-refractivity contribution >= 4 is 11.5 Å². The van der Waals surface area contributed by atoms with E-state index in [1.807, 2.05) is 30.3 Å². The summed E-state index contributed by atoms with van der Waals surface area (Å²) in [4.78, 5) is 23.6. The number of methoxy groups -OCH3 is 2. The van der Waals surface area contributed by atoms with Crippen molar-refractivity contribution in [1.82, 2.24) is 14.5 Å². The van der Waals surface area contributed by atoms with Crippen molar-refractivity contribution < 1.29 is 9.47 Å². The Kier molecular flexibility index (Phi) is 5.52. The molecule has 7 nitrogen and oxygen atoms in total. The summed E-state index contributed by atoms with van der Waals surface area (Å²) in [6.07, 6.45) is 6.44. The molecule has 0 unspecified atom stereocenters. The van der Waals surface area contributed by atoms with E-state index >= 15 is 0 Å². The van der Waals surface area contributed by atoms with Crippen LogP contribution in [-0.4, -0.2) is 41.8 Å². The highest BCUT2D eigenvalue weighted by Gasteiger charge is 2.21. The van der Waals surface area contributed by atoms with Gasteiger partial charge in [0.1, 0.15) is 11.5 Å². The second-order valence-electron chi connectivity index (χ2n) is 7.08. The number of rotatable bonds is 5. The van der Waals surface area contributed by atoms with Crippen LogP contribution in [0.25, 0.3) is 16.8 Å². The predicted octanol–water partition coefficient (Wildman–Crippen LogP) is 3.15. The van der Waals surface area contributed by atoms with E-state index in [4.69, 9.17) is 14.5 Å². The molecule has 7 heteroatoms. The van der Waals surface area contributed by atoms with Gasteiger partial charge < -0.3 is 14.4 Å². The average Bonchev–Trinajstić information content (AvgIpc) is 2.81. The Balaban J connectivity index is 1.71. The fourth-order valence-corrected chi connectivity index (χ4v) is 3.66. The molecular formula is C23H24N4O3. The summed E-state index contributed by atoms with van der Waals surface area (Å²) < 4.78 is 12.6. The standard InChI is InChI=1S/C23H24N4O3/c1-26-22(28)14-20(16-8-10-24-11-9-16)25-23(26)27-12-4-5-17(15-27)19-13-18(29-2)6-7-21(19)30-3/h5-11,13-14H,4,12,15H2,1-3H3. The van der Waals surface area contributed by atoms with Crippen LogP contribution >= 0.6 is 0 Å². The van der Waals surface area contributed by atoms with Crippen LogP contribution in [0.15, 0.2) is 59.7 Å². The number of ether oxygens (including phenoxy) is 2. The number of hydrogen-bond donors (Lipinski definition) is 0. The summed E-state index contributed by atoms with van der Waals surface area (Å²) in [5.74, 6) is 2.20. The third kappa shape index (κ3) is 3.78. The van der Waals surface area contributed by atoms with Crippen LogP contribution in [0.3, 0.4) is 0 Å². The van der Waals surface area contributed by atoms with Crippen molar-refractivity contribution in [2.75, 3.05) is 32.2 Å². The van der Waals surface area contributed by atoms with Gasteiger partial charge in [0.15, 0.2) is 0 Å². The molecule has 0 saturated heterocycles. The fraction of sp³-hybridized carbons (Fsp3) is 0.261. The van der Waals surface area contributed by atoms with E-state index in [9.17, 15) is 4.79 Å². The molecule has 3 aromatic rings. The van der Waals surface area contributed by atoms with E-state index < -0.39 is 0 Å². The van der Waals surface area contributed by atoms with E-state index in [1.54, 1.807) is 44.3 Å². The summed E-state index contributed by atoms with van der Waals surface area (Å²) in [5, 5.41) is 0. The Labute approximate surface area is 175 Å². The number of pyridine rings is 1. The molecule has 0 atom stereocenters. The minimum absolute atomic E-state index is 0.0955. The van der Waals surface area contributed by atoms with Crippen molar-refractivity contribution in [2.24, 2.45) is 7.05 Å². The third-order valence-electron chi connectivity index (χ3n) is 5.27. The molecule has 30 heavy (non-hydrogen) atoms. The topological polar surface area (TPSA) is 69.5 Å². The molecule has 0 aliphatic carbocycles. The molecule has 1 aliphatic heterocycles. The molecule has 1 aliphatic rings. The first-order chi connectivity index (χ1) is 14.6. The monoisotopic (exact) mass is 404 g/mol. The zero-order valence-electron chi connectivity index (χ0n) is 17.3. The highest BCUT2D eigenvalue weighted by molar-refractivity contribution is 5.76. The number of hydrogen-bond acceptors (Lipinski definition) is 6. The molecular weight excluding hydrogens is 380 g/mol. The fourth-order valence-electron chi connectivity index (χ4n) is 3.66. The Morgan fingerprint density at radius 2 is 1.83 bits per heavy atom. The van der Waals surface area contributed by atoms with Crippen LogP contribution in [-0.2, 0) is 7.05 Å². The van der Waals surface area contributed by atoms with Gasteiger partial charge in [0.05, 0.1) is 19.9 Å². The number of benzene rings is 1. The Morgan fingerprint density at radius 3 is 2.57 bits per heavy atom. The smallest absolute Gasteiger partial charge is 0.255 e. The molecule has 0 radical (unpaired) electrons. The highest BCUT2D eigenvalue weighted by atomic mass is 16.5. The quantitative estimate of drug-likeness (QED) is 0.651. The van der Waals surface area contributed by atoms with Gasteiger partial charge in [0.25, 0.3) is 5.56 Å². The van der Waals surface area contributed by atoms with Gasteiger partial charge in [-0.05, 0) is 42.3 Å². The van der Waals surface area contributed by atoms with Crippen LogP contribution < -0.4 is 19.9 Å². The van der Waals surface area contributed by atoms with Gasteiger partial charge >= 0.3 is 0 Å². The first-order valence-electron chi connectivity index (χ1n) is 9.75. The summed E-state index contributed by atoms with van der Waals surface area (Å²) >= 11 is 0. The molecule has 1 aromatic carbocycles. The van der Waals surface area contributed by atoms with Gasteiger partial charge in [-0.1, -0.05) is 6.08 Å². The summed E-state index contributed by atoms with van der Waals surface area (Å²) in [6.45, 7) is 1.39. The first kappa shape index (κ1) is 19.7. The second-order valence-corrected chi connectivity index (χ2v) is 7.08. The van der Waals surface area contributed by atoms with Crippen molar-refractivity contribution in [1.29, 1.82) is 0 Å². The molecule has 4 rings (SSSR count). The average molecular weight is 404 g/mol. The SMILES string of the molecule is COc1ccc(OC)c(C2=CCCN(c3nc(-c4ccncc4)cc(=O)n3C)C2)c1. The van der Waals surface area contributed by atoms with Crippen LogP contribution in [0.2, 0.25) is 0 Å². The van der Waals surface area contributed by atoms with Crippen LogP contribution in [0.5, 0.6) is 11.5 Å². The zero-order chi connectivity index (χ0) is 21.1. The minimum Gasteiger partial charge on any atom is -0.497 e. The van der Waals surface area contributed by atoms with Gasteiger partial charge in [-0.25, -0.2) is 4.98 Å². The summed E-state index contributed by atoms with van der Waals surface area (Å²) in [7, 11) is 5.07. The molecule has 0 fully saturated rings. The molecule has 2 aromatic heterocycles. The van der Waals surface area contributed by atoms with E-state index in [0.29, 0.717) is 18.2 Å². The van der Waals surface area contributed by atoms with E-state index in [0.717, 1.165) is 41.2 Å². The highest BCUT2D eigenvalue weighted by Crippen LogP contribution is 2.33. The van der Waals surface area contributed by atoms with Gasteiger partial charge in [0.2, 0.25) is 5.95 Å². The van der Waals surface area contributed by atoms with E-state index in [-0.39, 0.29) is 5.56 Å². The Bertz CT molecular complexity index is 1140. The molecule has 0 spiro atoms. The van der Waals surface area contributed by atoms with Crippen LogP contribution in [0.4, 0.5) is 5.95 Å². The summed E-state index contributed by atoms with van der Waals surface area (Å²) in [6, 6.07) is 11.0. The second kappa shape index (κ2) is 8.41. The van der Waals surface area contributed by atoms with E-state index in [1.165, 1.54) is 0 Å². The molecule has 0 saturated carbocycles. The van der Waals surface area contributed by atoms with Crippen LogP contribution in [0, 0.1) is 0 Å². The molecule has 154 valence electrons. The predicted molar refractivity (Wildman–Crippen MR) is 117 cm³/mol. The molecule has 0 bridgehead atoms. The Morgan fingerprint density at radius 1 is 1.03 bits per heavy atom. The maximum Gasteiger partial charge on any atom is 0.255 e. The molecule has 0 amide bonds. The largest absolute Gasteiger partial charge is 0.497 e. The summed E-state index contributed by atoms with van der Waals surface area (Å²) in [5.41, 5.74) is 3.51. The maximum absolute atomic E-state index is 12.6. The minimum atomic E-state index is -0.0955. The number of anilines is 1. The van der Waals surface area contributed by atoms with E-state index in [2.05, 4.69) is 16.0 Å². The molecule has 3 heterocycles. The van der Waals surface area contributed by atoms with Crippen molar-refractivity contribution in [3.05, 3.63) is 70.8 Å². The van der Waals surface area contributed by atoms with Crippen molar-refractivity contribution in [3.8, 4) is 22.8 Å². The first-order valence-corrected chi connectivity index (χ1v) is 9.75. The Hall–Kier alpha value is -3.61. The lowest BCUT2D eigenvalue weighted by Crippen LogP contribution is -2.35. The van der Waals surface area contributed by atoms with Crippen LogP contribution in [0.1, 0.15) is 12.0 Å². The van der Waals surface area contributed by atoms with Gasteiger partial charge in [-0.15, -0.1) is 0 Å². The van der Waals surface area contributed by atoms with Gasteiger partial charge in [0, 0.05) is 49.7 Å².